The summed E-state index contributed by atoms with van der Waals surface area (Å²) in [5.74, 6) is 0.868. The average Bonchev–Trinajstić information content (AvgIpc) is 2.59. The summed E-state index contributed by atoms with van der Waals surface area (Å²) >= 11 is 0. The second kappa shape index (κ2) is 7.73. The SMILES string of the molecule is C=CC(=C1N=CC=CN1C)C(=C/C)/C(=N\C)c1cc(C)ccc1C. The molecular weight excluding hydrogens is 294 g/mol. The van der Waals surface area contributed by atoms with Crippen LogP contribution in [0.1, 0.15) is 23.6 Å². The highest BCUT2D eigenvalue weighted by molar-refractivity contribution is 6.16. The summed E-state index contributed by atoms with van der Waals surface area (Å²) in [7, 11) is 3.82. The lowest BCUT2D eigenvalue weighted by molar-refractivity contribution is 0.554. The third kappa shape index (κ3) is 3.46. The van der Waals surface area contributed by atoms with Crippen LogP contribution in [-0.2, 0) is 0 Å². The molecule has 24 heavy (non-hydrogen) atoms. The monoisotopic (exact) mass is 319 g/mol. The first kappa shape index (κ1) is 17.7. The summed E-state index contributed by atoms with van der Waals surface area (Å²) in [6.45, 7) is 10.2. The van der Waals surface area contributed by atoms with Gasteiger partial charge in [-0.05, 0) is 38.5 Å². The summed E-state index contributed by atoms with van der Waals surface area (Å²) in [4.78, 5) is 11.1. The highest BCUT2D eigenvalue weighted by atomic mass is 15.2. The van der Waals surface area contributed by atoms with Crippen LogP contribution in [0.2, 0.25) is 0 Å². The van der Waals surface area contributed by atoms with Crippen molar-refractivity contribution in [2.75, 3.05) is 14.1 Å². The van der Waals surface area contributed by atoms with Crippen LogP contribution in [0, 0.1) is 13.8 Å². The minimum atomic E-state index is 0.868. The molecule has 0 unspecified atom stereocenters. The number of rotatable bonds is 4. The van der Waals surface area contributed by atoms with E-state index in [1.807, 2.05) is 44.3 Å². The first-order valence-electron chi connectivity index (χ1n) is 8.05. The van der Waals surface area contributed by atoms with Crippen LogP contribution in [0.5, 0.6) is 0 Å². The van der Waals surface area contributed by atoms with Gasteiger partial charge < -0.3 is 4.90 Å². The molecule has 1 aliphatic heterocycles. The van der Waals surface area contributed by atoms with Gasteiger partial charge in [0.25, 0.3) is 0 Å². The van der Waals surface area contributed by atoms with Crippen LogP contribution in [0.4, 0.5) is 0 Å². The molecule has 3 heteroatoms. The maximum absolute atomic E-state index is 4.60. The molecule has 1 aromatic carbocycles. The molecule has 0 saturated heterocycles. The molecule has 0 aromatic heterocycles. The largest absolute Gasteiger partial charge is 0.336 e. The predicted octanol–water partition coefficient (Wildman–Crippen LogP) is 4.60. The predicted molar refractivity (Wildman–Crippen MR) is 105 cm³/mol. The Morgan fingerprint density at radius 3 is 2.62 bits per heavy atom. The molecular formula is C21H25N3. The summed E-state index contributed by atoms with van der Waals surface area (Å²) < 4.78 is 0. The van der Waals surface area contributed by atoms with E-state index in [0.717, 1.165) is 28.2 Å². The van der Waals surface area contributed by atoms with Gasteiger partial charge >= 0.3 is 0 Å². The van der Waals surface area contributed by atoms with E-state index < -0.39 is 0 Å². The first-order chi connectivity index (χ1) is 11.5. The van der Waals surface area contributed by atoms with Gasteiger partial charge in [0.15, 0.2) is 0 Å². The molecule has 1 heterocycles. The molecule has 2 rings (SSSR count). The van der Waals surface area contributed by atoms with E-state index in [9.17, 15) is 0 Å². The fourth-order valence-electron chi connectivity index (χ4n) is 2.82. The third-order valence-corrected chi connectivity index (χ3v) is 4.08. The summed E-state index contributed by atoms with van der Waals surface area (Å²) in [5.41, 5.74) is 6.53. The third-order valence-electron chi connectivity index (χ3n) is 4.08. The lowest BCUT2D eigenvalue weighted by atomic mass is 9.91. The van der Waals surface area contributed by atoms with Crippen molar-refractivity contribution in [3.05, 3.63) is 82.9 Å². The Morgan fingerprint density at radius 1 is 1.29 bits per heavy atom. The maximum atomic E-state index is 4.60. The van der Waals surface area contributed by atoms with Gasteiger partial charge in [-0.1, -0.05) is 36.4 Å². The van der Waals surface area contributed by atoms with Crippen molar-refractivity contribution in [1.29, 1.82) is 0 Å². The van der Waals surface area contributed by atoms with Crippen molar-refractivity contribution in [1.82, 2.24) is 4.90 Å². The van der Waals surface area contributed by atoms with E-state index in [1.54, 1.807) is 6.21 Å². The first-order valence-corrected chi connectivity index (χ1v) is 8.05. The topological polar surface area (TPSA) is 28.0 Å². The Balaban J connectivity index is 2.63. The van der Waals surface area contributed by atoms with E-state index in [4.69, 9.17) is 0 Å². The number of aliphatic imine (C=N–C) groups is 2. The molecule has 0 saturated carbocycles. The number of nitrogens with zero attached hydrogens (tertiary/aromatic N) is 3. The van der Waals surface area contributed by atoms with Crippen molar-refractivity contribution in [3.63, 3.8) is 0 Å². The van der Waals surface area contributed by atoms with Crippen LogP contribution >= 0.6 is 0 Å². The molecule has 3 nitrogen and oxygen atoms in total. The molecule has 0 amide bonds. The summed E-state index contributed by atoms with van der Waals surface area (Å²) in [5, 5.41) is 0. The molecule has 1 aliphatic rings. The number of benzene rings is 1. The minimum Gasteiger partial charge on any atom is -0.336 e. The number of aryl methyl sites for hydroxylation is 2. The van der Waals surface area contributed by atoms with E-state index in [-0.39, 0.29) is 0 Å². The quantitative estimate of drug-likeness (QED) is 0.746. The van der Waals surface area contributed by atoms with Gasteiger partial charge in [0, 0.05) is 43.2 Å². The van der Waals surface area contributed by atoms with Crippen molar-refractivity contribution in [2.45, 2.75) is 20.8 Å². The Bertz CT molecular complexity index is 789. The molecule has 0 bridgehead atoms. The van der Waals surface area contributed by atoms with Crippen molar-refractivity contribution < 1.29 is 0 Å². The Kier molecular flexibility index (Phi) is 5.69. The Labute approximate surface area is 145 Å². The highest BCUT2D eigenvalue weighted by Gasteiger charge is 2.19. The smallest absolute Gasteiger partial charge is 0.140 e. The van der Waals surface area contributed by atoms with E-state index in [0.29, 0.717) is 0 Å². The Morgan fingerprint density at radius 2 is 2.04 bits per heavy atom. The van der Waals surface area contributed by atoms with Crippen LogP contribution < -0.4 is 0 Å². The summed E-state index contributed by atoms with van der Waals surface area (Å²) in [6.07, 6.45) is 9.63. The van der Waals surface area contributed by atoms with Gasteiger partial charge in [0.05, 0.1) is 5.71 Å². The zero-order chi connectivity index (χ0) is 17.7. The van der Waals surface area contributed by atoms with Gasteiger partial charge in [-0.3, -0.25) is 4.99 Å². The normalized spacial score (nSPS) is 17.3. The summed E-state index contributed by atoms with van der Waals surface area (Å²) in [6, 6.07) is 6.44. The van der Waals surface area contributed by atoms with Gasteiger partial charge in [0.2, 0.25) is 0 Å². The number of allylic oxidation sites excluding steroid dienone is 5. The second-order valence-corrected chi connectivity index (χ2v) is 5.76. The standard InChI is InChI=1S/C21H25N3/c1-7-17(18(8-2)21-23-12-9-13-24(21)6)20(22-5)19-14-15(3)10-11-16(19)4/h7-14H,2H2,1,3-6H3/b17-7-,21-18?,22-20+. The second-order valence-electron chi connectivity index (χ2n) is 5.76. The van der Waals surface area contributed by atoms with Gasteiger partial charge in [0.1, 0.15) is 5.82 Å². The minimum absolute atomic E-state index is 0.868. The van der Waals surface area contributed by atoms with Gasteiger partial charge in [-0.2, -0.15) is 0 Å². The zero-order valence-corrected chi connectivity index (χ0v) is 15.2. The van der Waals surface area contributed by atoms with Crippen molar-refractivity contribution >= 4 is 11.9 Å². The van der Waals surface area contributed by atoms with E-state index >= 15 is 0 Å². The Hall–Kier alpha value is -2.68. The molecule has 0 radical (unpaired) electrons. The van der Waals surface area contributed by atoms with E-state index in [2.05, 4.69) is 54.7 Å². The van der Waals surface area contributed by atoms with Gasteiger partial charge in [-0.25, -0.2) is 4.99 Å². The van der Waals surface area contributed by atoms with Crippen LogP contribution in [-0.4, -0.2) is 30.9 Å². The number of hydrogen-bond donors (Lipinski definition) is 0. The fraction of sp³-hybridized carbons (Fsp3) is 0.238. The number of hydrogen-bond acceptors (Lipinski definition) is 3. The molecule has 0 atom stereocenters. The van der Waals surface area contributed by atoms with Crippen molar-refractivity contribution in [2.24, 2.45) is 9.98 Å². The molecule has 0 N–H and O–H groups in total. The van der Waals surface area contributed by atoms with Gasteiger partial charge in [-0.15, -0.1) is 0 Å². The highest BCUT2D eigenvalue weighted by Crippen LogP contribution is 2.26. The van der Waals surface area contributed by atoms with Crippen LogP contribution in [0.15, 0.2) is 76.2 Å². The average molecular weight is 319 g/mol. The zero-order valence-electron chi connectivity index (χ0n) is 15.2. The fourth-order valence-corrected chi connectivity index (χ4v) is 2.82. The molecule has 1 aromatic rings. The molecule has 124 valence electrons. The molecule has 0 spiro atoms. The maximum Gasteiger partial charge on any atom is 0.140 e. The lowest BCUT2D eigenvalue weighted by Crippen LogP contribution is -2.17. The van der Waals surface area contributed by atoms with Crippen LogP contribution in [0.25, 0.3) is 0 Å². The molecule has 0 fully saturated rings. The lowest BCUT2D eigenvalue weighted by Gasteiger charge is -2.22. The van der Waals surface area contributed by atoms with E-state index in [1.165, 1.54) is 11.1 Å². The molecule has 0 aliphatic carbocycles. The van der Waals surface area contributed by atoms with Crippen molar-refractivity contribution in [3.8, 4) is 0 Å². The van der Waals surface area contributed by atoms with Crippen LogP contribution in [0.3, 0.4) is 0 Å².